The number of nitrogens with one attached hydrogen (secondary N) is 1. The fraction of sp³-hybridized carbons (Fsp3) is 0.241. The maximum atomic E-state index is 15.4. The first-order valence-electron chi connectivity index (χ1n) is 13.5. The predicted molar refractivity (Wildman–Crippen MR) is 158 cm³/mol. The van der Waals surface area contributed by atoms with Crippen LogP contribution in [0.2, 0.25) is 10.2 Å². The summed E-state index contributed by atoms with van der Waals surface area (Å²) in [4.78, 5) is 31.0. The van der Waals surface area contributed by atoms with Gasteiger partial charge in [0.1, 0.15) is 0 Å². The third-order valence-electron chi connectivity index (χ3n) is 7.56. The smallest absolute Gasteiger partial charge is 0.323 e. The molecule has 2 aromatic carbocycles. The van der Waals surface area contributed by atoms with Gasteiger partial charge in [-0.05, 0) is 36.6 Å². The second kappa shape index (κ2) is 11.9. The molecule has 4 heterocycles. The molecule has 1 amide bonds. The van der Waals surface area contributed by atoms with Gasteiger partial charge in [0, 0.05) is 17.5 Å². The molecule has 0 spiro atoms. The topological polar surface area (TPSA) is 113 Å². The average Bonchev–Trinajstić information content (AvgIpc) is 3.62. The van der Waals surface area contributed by atoms with E-state index >= 15 is 4.39 Å². The number of hydrogen-bond acceptors (Lipinski definition) is 6. The highest BCUT2D eigenvalue weighted by Gasteiger charge is 2.26. The van der Waals surface area contributed by atoms with E-state index in [0.717, 1.165) is 0 Å². The van der Waals surface area contributed by atoms with Gasteiger partial charge < -0.3 is 5.32 Å². The van der Waals surface area contributed by atoms with Crippen molar-refractivity contribution in [3.8, 4) is 28.2 Å². The second-order valence-corrected chi connectivity index (χ2v) is 11.1. The van der Waals surface area contributed by atoms with Crippen LogP contribution in [0.15, 0.2) is 66.0 Å². The molecule has 3 aromatic heterocycles. The lowest BCUT2D eigenvalue weighted by Gasteiger charge is -2.23. The van der Waals surface area contributed by atoms with Gasteiger partial charge in [-0.3, -0.25) is 14.2 Å². The van der Waals surface area contributed by atoms with Crippen LogP contribution in [0.1, 0.15) is 44.3 Å². The van der Waals surface area contributed by atoms with Crippen LogP contribution in [-0.2, 0) is 4.79 Å². The minimum absolute atomic E-state index is 0.00514. The molecule has 2 bridgehead atoms. The third kappa shape index (κ3) is 5.48. The van der Waals surface area contributed by atoms with Crippen LogP contribution < -0.4 is 10.9 Å². The molecule has 2 atom stereocenters. The van der Waals surface area contributed by atoms with Gasteiger partial charge in [0.15, 0.2) is 11.0 Å². The summed E-state index contributed by atoms with van der Waals surface area (Å²) in [5.41, 5.74) is 0.883. The fourth-order valence-electron chi connectivity index (χ4n) is 5.37. The summed E-state index contributed by atoms with van der Waals surface area (Å²) in [5.74, 6) is -1.58. The zero-order valence-corrected chi connectivity index (χ0v) is 24.5. The van der Waals surface area contributed by atoms with E-state index in [1.54, 1.807) is 31.2 Å². The van der Waals surface area contributed by atoms with E-state index in [4.69, 9.17) is 23.2 Å². The molecule has 0 saturated carbocycles. The molecule has 0 saturated heterocycles. The number of benzene rings is 2. The molecule has 1 aliphatic rings. The van der Waals surface area contributed by atoms with E-state index in [1.165, 1.54) is 46.2 Å². The summed E-state index contributed by atoms with van der Waals surface area (Å²) < 4.78 is 46.5. The average molecular weight is 643 g/mol. The van der Waals surface area contributed by atoms with Crippen molar-refractivity contribution in [2.45, 2.75) is 38.8 Å². The highest BCUT2D eigenvalue weighted by Crippen LogP contribution is 2.36. The number of nitrogens with zero attached hydrogens (tertiary/aromatic N) is 7. The van der Waals surface area contributed by atoms with Gasteiger partial charge in [0.05, 0.1) is 58.1 Å². The second-order valence-electron chi connectivity index (χ2n) is 10.4. The SMILES string of the molecule is CC1CCCC(n2cnc(-c3c(-n4cc(Cl)nn4)ccc(Cl)c3F)cc2=O)c2cccc(c2)-c2c(cnn2C(F)F)NC1=O. The Hall–Kier alpha value is -4.49. The number of carbonyl (C=O) groups excluding carboxylic acids is 1. The molecule has 44 heavy (non-hydrogen) atoms. The van der Waals surface area contributed by atoms with Gasteiger partial charge in [-0.15, -0.1) is 5.10 Å². The number of alkyl halides is 2. The Morgan fingerprint density at radius 3 is 2.64 bits per heavy atom. The van der Waals surface area contributed by atoms with E-state index < -0.39 is 29.9 Å². The van der Waals surface area contributed by atoms with E-state index in [0.29, 0.717) is 35.1 Å². The van der Waals surface area contributed by atoms with Crippen molar-refractivity contribution in [2.75, 3.05) is 5.32 Å². The molecule has 226 valence electrons. The molecule has 0 radical (unpaired) electrons. The van der Waals surface area contributed by atoms with Crippen LogP contribution in [0.4, 0.5) is 18.9 Å². The van der Waals surface area contributed by atoms with Crippen LogP contribution in [-0.4, -0.2) is 40.2 Å². The van der Waals surface area contributed by atoms with Gasteiger partial charge in [-0.25, -0.2) is 18.7 Å². The lowest BCUT2D eigenvalue weighted by atomic mass is 9.94. The normalized spacial score (nSPS) is 17.1. The van der Waals surface area contributed by atoms with Crippen molar-refractivity contribution in [2.24, 2.45) is 5.92 Å². The molecule has 2 unspecified atom stereocenters. The molecular formula is C29H23Cl2F3N8O2. The molecular weight excluding hydrogens is 620 g/mol. The number of hydrogen-bond donors (Lipinski definition) is 1. The maximum absolute atomic E-state index is 15.4. The molecule has 5 aromatic rings. The molecule has 0 fully saturated rings. The number of halogens is 5. The minimum Gasteiger partial charge on any atom is -0.323 e. The zero-order chi connectivity index (χ0) is 31.1. The Morgan fingerprint density at radius 2 is 1.91 bits per heavy atom. The van der Waals surface area contributed by atoms with Gasteiger partial charge in [-0.2, -0.15) is 13.9 Å². The van der Waals surface area contributed by atoms with Crippen LogP contribution in [0.25, 0.3) is 28.2 Å². The van der Waals surface area contributed by atoms with E-state index in [-0.39, 0.29) is 44.4 Å². The largest absolute Gasteiger partial charge is 0.333 e. The van der Waals surface area contributed by atoms with Crippen molar-refractivity contribution < 1.29 is 18.0 Å². The number of amides is 1. The van der Waals surface area contributed by atoms with Crippen molar-refractivity contribution in [3.63, 3.8) is 0 Å². The molecule has 0 aliphatic carbocycles. The summed E-state index contributed by atoms with van der Waals surface area (Å²) in [5, 5.41) is 14.1. The van der Waals surface area contributed by atoms with Crippen molar-refractivity contribution >= 4 is 34.8 Å². The molecule has 1 N–H and O–H groups in total. The Morgan fingerprint density at radius 1 is 1.09 bits per heavy atom. The lowest BCUT2D eigenvalue weighted by molar-refractivity contribution is -0.119. The Labute approximate surface area is 258 Å². The Kier molecular flexibility index (Phi) is 7.99. The van der Waals surface area contributed by atoms with Crippen LogP contribution in [0.3, 0.4) is 0 Å². The first-order valence-corrected chi connectivity index (χ1v) is 14.3. The molecule has 15 heteroatoms. The quantitative estimate of drug-likeness (QED) is 0.238. The Bertz CT molecular complexity index is 1940. The summed E-state index contributed by atoms with van der Waals surface area (Å²) in [6.45, 7) is -1.21. The van der Waals surface area contributed by atoms with Crippen LogP contribution in [0, 0.1) is 11.7 Å². The number of anilines is 1. The summed E-state index contributed by atoms with van der Waals surface area (Å²) in [6.07, 6.45) is 5.34. The standard InChI is InChI=1S/C29H23Cl2F3N8O2/c1-15-4-2-7-21(16-5-3-6-17(10-16)27-20(37-28(15)44)12-36-42(27)29(33)34)40-14-35-19(11-24(40)43)25-22(9-8-18(30)26(25)32)41-13-23(31)38-39-41/h3,5-6,8-15,21,29H,2,4,7H2,1H3,(H,37,44). The molecule has 6 rings (SSSR count). The van der Waals surface area contributed by atoms with E-state index in [2.05, 4.69) is 25.7 Å². The van der Waals surface area contributed by atoms with Gasteiger partial charge in [-0.1, -0.05) is 60.0 Å². The zero-order valence-electron chi connectivity index (χ0n) is 23.0. The number of rotatable bonds is 4. The van der Waals surface area contributed by atoms with Crippen LogP contribution in [0.5, 0.6) is 0 Å². The Balaban J connectivity index is 1.47. The van der Waals surface area contributed by atoms with Crippen molar-refractivity contribution in [1.29, 1.82) is 0 Å². The maximum Gasteiger partial charge on any atom is 0.333 e. The van der Waals surface area contributed by atoms with Crippen LogP contribution >= 0.6 is 23.2 Å². The highest BCUT2D eigenvalue weighted by atomic mass is 35.5. The van der Waals surface area contributed by atoms with Crippen molar-refractivity contribution in [3.05, 3.63) is 93.1 Å². The highest BCUT2D eigenvalue weighted by molar-refractivity contribution is 6.31. The summed E-state index contributed by atoms with van der Waals surface area (Å²) >= 11 is 12.0. The van der Waals surface area contributed by atoms with E-state index in [1.807, 2.05) is 0 Å². The molecule has 10 nitrogen and oxygen atoms in total. The van der Waals surface area contributed by atoms with Crippen molar-refractivity contribution in [1.82, 2.24) is 34.3 Å². The third-order valence-corrected chi connectivity index (χ3v) is 8.02. The van der Waals surface area contributed by atoms with Gasteiger partial charge in [0.2, 0.25) is 5.91 Å². The fourth-order valence-corrected chi connectivity index (χ4v) is 5.65. The molecule has 1 aliphatic heterocycles. The van der Waals surface area contributed by atoms with Gasteiger partial charge >= 0.3 is 6.55 Å². The number of carbonyl (C=O) groups is 1. The first-order chi connectivity index (χ1) is 21.1. The lowest BCUT2D eigenvalue weighted by Crippen LogP contribution is -2.26. The summed E-state index contributed by atoms with van der Waals surface area (Å²) in [6, 6.07) is 10.2. The minimum atomic E-state index is -2.95. The summed E-state index contributed by atoms with van der Waals surface area (Å²) in [7, 11) is 0. The monoisotopic (exact) mass is 642 g/mol. The van der Waals surface area contributed by atoms with Gasteiger partial charge in [0.25, 0.3) is 5.56 Å². The van der Waals surface area contributed by atoms with E-state index in [9.17, 15) is 18.4 Å². The number of fused-ring (bicyclic) bond motifs is 4. The first kappa shape index (κ1) is 29.6. The number of aromatic nitrogens is 7. The predicted octanol–water partition coefficient (Wildman–Crippen LogP) is 6.54.